The average molecular weight is 410 g/mol. The molecular formula is C20H28ClN3O2S. The van der Waals surface area contributed by atoms with Crippen molar-refractivity contribution in [3.63, 3.8) is 0 Å². The van der Waals surface area contributed by atoms with E-state index in [1.807, 2.05) is 35.4 Å². The molecule has 27 heavy (non-hydrogen) atoms. The van der Waals surface area contributed by atoms with Crippen LogP contribution < -0.4 is 10.2 Å². The number of likely N-dealkylation sites (tertiary alicyclic amines) is 1. The van der Waals surface area contributed by atoms with Gasteiger partial charge in [0.2, 0.25) is 11.8 Å². The molecule has 1 atom stereocenters. The zero-order valence-corrected chi connectivity index (χ0v) is 17.4. The minimum atomic E-state index is -0.196. The fourth-order valence-electron chi connectivity index (χ4n) is 4.57. The lowest BCUT2D eigenvalue weighted by molar-refractivity contribution is -0.137. The number of benzene rings is 1. The number of thioether (sulfide) groups is 1. The number of nitrogens with zero attached hydrogens (tertiary/aromatic N) is 2. The molecule has 1 unspecified atom stereocenters. The van der Waals surface area contributed by atoms with E-state index in [4.69, 9.17) is 0 Å². The highest BCUT2D eigenvalue weighted by molar-refractivity contribution is 7.98. The van der Waals surface area contributed by atoms with Gasteiger partial charge in [-0.3, -0.25) is 9.59 Å². The molecule has 2 amide bonds. The Bertz CT molecular complexity index is 681. The van der Waals surface area contributed by atoms with Gasteiger partial charge in [0.25, 0.3) is 0 Å². The highest BCUT2D eigenvalue weighted by Crippen LogP contribution is 2.38. The number of piperidine rings is 1. The predicted octanol–water partition coefficient (Wildman–Crippen LogP) is 2.79. The largest absolute Gasteiger partial charge is 0.342 e. The first-order valence-electron chi connectivity index (χ1n) is 9.54. The fourth-order valence-corrected chi connectivity index (χ4v) is 4.97. The topological polar surface area (TPSA) is 52.7 Å². The number of anilines is 1. The van der Waals surface area contributed by atoms with Crippen LogP contribution in [0.3, 0.4) is 0 Å². The van der Waals surface area contributed by atoms with E-state index in [2.05, 4.69) is 5.32 Å². The second kappa shape index (κ2) is 8.41. The Hall–Kier alpha value is -1.24. The van der Waals surface area contributed by atoms with Crippen molar-refractivity contribution in [2.24, 2.45) is 11.3 Å². The summed E-state index contributed by atoms with van der Waals surface area (Å²) >= 11 is 1.68. The van der Waals surface area contributed by atoms with Gasteiger partial charge in [0.05, 0.1) is 5.92 Å². The van der Waals surface area contributed by atoms with Crippen LogP contribution in [0.5, 0.6) is 0 Å². The molecule has 1 spiro atoms. The van der Waals surface area contributed by atoms with Crippen molar-refractivity contribution in [2.75, 3.05) is 43.9 Å². The maximum Gasteiger partial charge on any atom is 0.228 e. The van der Waals surface area contributed by atoms with Gasteiger partial charge < -0.3 is 15.1 Å². The van der Waals surface area contributed by atoms with Crippen molar-refractivity contribution in [3.8, 4) is 0 Å². The highest BCUT2D eigenvalue weighted by atomic mass is 35.5. The van der Waals surface area contributed by atoms with E-state index in [0.717, 1.165) is 44.7 Å². The molecule has 0 aliphatic carbocycles. The first-order chi connectivity index (χ1) is 12.6. The summed E-state index contributed by atoms with van der Waals surface area (Å²) in [6, 6.07) is 8.02. The second-order valence-electron chi connectivity index (χ2n) is 7.86. The van der Waals surface area contributed by atoms with Crippen molar-refractivity contribution >= 4 is 41.7 Å². The van der Waals surface area contributed by atoms with E-state index < -0.39 is 0 Å². The molecule has 3 fully saturated rings. The minimum Gasteiger partial charge on any atom is -0.342 e. The number of rotatable bonds is 3. The summed E-state index contributed by atoms with van der Waals surface area (Å²) in [7, 11) is 0. The third-order valence-corrected chi connectivity index (χ3v) is 7.07. The Labute approximate surface area is 171 Å². The van der Waals surface area contributed by atoms with Crippen LogP contribution in [0, 0.1) is 11.3 Å². The maximum atomic E-state index is 13.0. The SMILES string of the molecule is CSc1ccc(N2CC(C(=O)N3CCC4(CCNC4)CC3)CC2=O)cc1.Cl. The first-order valence-corrected chi connectivity index (χ1v) is 10.8. The highest BCUT2D eigenvalue weighted by Gasteiger charge is 2.41. The summed E-state index contributed by atoms with van der Waals surface area (Å²) < 4.78 is 0. The van der Waals surface area contributed by atoms with Crippen LogP contribution in [0.15, 0.2) is 29.2 Å². The van der Waals surface area contributed by atoms with Crippen molar-refractivity contribution in [1.82, 2.24) is 10.2 Å². The summed E-state index contributed by atoms with van der Waals surface area (Å²) in [5.41, 5.74) is 1.31. The minimum absolute atomic E-state index is 0. The molecule has 0 aromatic heterocycles. The van der Waals surface area contributed by atoms with Crippen molar-refractivity contribution in [1.29, 1.82) is 0 Å². The maximum absolute atomic E-state index is 13.0. The average Bonchev–Trinajstić information content (AvgIpc) is 3.29. The zero-order valence-electron chi connectivity index (χ0n) is 15.8. The molecule has 3 heterocycles. The van der Waals surface area contributed by atoms with Gasteiger partial charge in [-0.1, -0.05) is 0 Å². The van der Waals surface area contributed by atoms with Crippen molar-refractivity contribution in [3.05, 3.63) is 24.3 Å². The number of nitrogens with one attached hydrogen (secondary N) is 1. The molecule has 1 aromatic rings. The molecule has 3 aliphatic rings. The second-order valence-corrected chi connectivity index (χ2v) is 8.74. The monoisotopic (exact) mass is 409 g/mol. The lowest BCUT2D eigenvalue weighted by atomic mass is 9.77. The summed E-state index contributed by atoms with van der Waals surface area (Å²) in [6.07, 6.45) is 5.79. The molecule has 148 valence electrons. The van der Waals surface area contributed by atoms with Crippen molar-refractivity contribution < 1.29 is 9.59 Å². The molecule has 3 aliphatic heterocycles. The third-order valence-electron chi connectivity index (χ3n) is 6.33. The van der Waals surface area contributed by atoms with E-state index in [9.17, 15) is 9.59 Å². The van der Waals surface area contributed by atoms with Gasteiger partial charge in [-0.05, 0) is 61.7 Å². The summed E-state index contributed by atoms with van der Waals surface area (Å²) in [5.74, 6) is 0.0367. The quantitative estimate of drug-likeness (QED) is 0.780. The Kier molecular flexibility index (Phi) is 6.39. The number of carbonyl (C=O) groups excluding carboxylic acids is 2. The summed E-state index contributed by atoms with van der Waals surface area (Å²) in [6.45, 7) is 4.40. The predicted molar refractivity (Wildman–Crippen MR) is 112 cm³/mol. The van der Waals surface area contributed by atoms with Crippen LogP contribution in [0.25, 0.3) is 0 Å². The standard InChI is InChI=1S/C20H27N3O2S.ClH/c1-26-17-4-2-16(3-5-17)23-13-15(12-18(23)24)19(25)22-10-7-20(8-11-22)6-9-21-14-20;/h2-5,15,21H,6-14H2,1H3;1H. The number of halogens is 1. The van der Waals surface area contributed by atoms with Crippen LogP contribution in [0.1, 0.15) is 25.7 Å². The van der Waals surface area contributed by atoms with E-state index in [0.29, 0.717) is 18.4 Å². The van der Waals surface area contributed by atoms with Crippen molar-refractivity contribution in [2.45, 2.75) is 30.6 Å². The first kappa shape index (κ1) is 20.5. The van der Waals surface area contributed by atoms with Gasteiger partial charge in [0.1, 0.15) is 0 Å². The van der Waals surface area contributed by atoms with Crippen LogP contribution in [0.4, 0.5) is 5.69 Å². The van der Waals surface area contributed by atoms with Gasteiger partial charge in [0.15, 0.2) is 0 Å². The zero-order chi connectivity index (χ0) is 18.1. The molecular weight excluding hydrogens is 382 g/mol. The van der Waals surface area contributed by atoms with E-state index >= 15 is 0 Å². The van der Waals surface area contributed by atoms with Crippen LogP contribution >= 0.6 is 24.2 Å². The van der Waals surface area contributed by atoms with Crippen LogP contribution in [-0.2, 0) is 9.59 Å². The molecule has 1 N–H and O–H groups in total. The lowest BCUT2D eigenvalue weighted by Gasteiger charge is -2.39. The Morgan fingerprint density at radius 3 is 2.48 bits per heavy atom. The molecule has 3 saturated heterocycles. The van der Waals surface area contributed by atoms with E-state index in [1.165, 1.54) is 11.3 Å². The van der Waals surface area contributed by atoms with Gasteiger partial charge >= 0.3 is 0 Å². The molecule has 1 aromatic carbocycles. The normalized spacial score (nSPS) is 24.3. The summed E-state index contributed by atoms with van der Waals surface area (Å²) in [5, 5.41) is 3.46. The van der Waals surface area contributed by atoms with Gasteiger partial charge in [-0.2, -0.15) is 0 Å². The molecule has 7 heteroatoms. The third kappa shape index (κ3) is 4.13. The van der Waals surface area contributed by atoms with Crippen LogP contribution in [0.2, 0.25) is 0 Å². The Morgan fingerprint density at radius 2 is 1.89 bits per heavy atom. The number of hydrogen-bond acceptors (Lipinski definition) is 4. The molecule has 5 nitrogen and oxygen atoms in total. The summed E-state index contributed by atoms with van der Waals surface area (Å²) in [4.78, 5) is 30.4. The number of amides is 2. The molecule has 0 bridgehead atoms. The Morgan fingerprint density at radius 1 is 1.19 bits per heavy atom. The fraction of sp³-hybridized carbons (Fsp3) is 0.600. The smallest absolute Gasteiger partial charge is 0.228 e. The number of hydrogen-bond donors (Lipinski definition) is 1. The number of carbonyl (C=O) groups is 2. The van der Waals surface area contributed by atoms with E-state index in [1.54, 1.807) is 16.7 Å². The van der Waals surface area contributed by atoms with Gasteiger partial charge in [0, 0.05) is 43.2 Å². The molecule has 0 radical (unpaired) electrons. The van der Waals surface area contributed by atoms with Gasteiger partial charge in [-0.15, -0.1) is 24.2 Å². The molecule has 0 saturated carbocycles. The molecule has 4 rings (SSSR count). The van der Waals surface area contributed by atoms with Gasteiger partial charge in [-0.25, -0.2) is 0 Å². The van der Waals surface area contributed by atoms with Crippen LogP contribution in [-0.4, -0.2) is 55.7 Å². The Balaban J connectivity index is 0.00000210. The lowest BCUT2D eigenvalue weighted by Crippen LogP contribution is -2.46. The van der Waals surface area contributed by atoms with E-state index in [-0.39, 0.29) is 30.1 Å².